The number of Topliss-reactive ketones (excluding diaryl/α,β-unsaturated/α-hetero) is 1. The molecule has 0 saturated carbocycles. The average molecular weight is 234 g/mol. The van der Waals surface area contributed by atoms with E-state index in [0.29, 0.717) is 16.6 Å². The zero-order valence-electron chi connectivity index (χ0n) is 9.30. The summed E-state index contributed by atoms with van der Waals surface area (Å²) in [4.78, 5) is 21.5. The Labute approximate surface area is 96.2 Å². The minimum absolute atomic E-state index is 0.125. The smallest absolute Gasteiger partial charge is 0.271 e. The van der Waals surface area contributed by atoms with Gasteiger partial charge in [0.1, 0.15) is 0 Å². The fraction of sp³-hybridized carbons (Fsp3) is 0.182. The summed E-state index contributed by atoms with van der Waals surface area (Å²) in [6, 6.07) is 4.03. The molecule has 0 aliphatic carbocycles. The van der Waals surface area contributed by atoms with E-state index >= 15 is 0 Å². The largest absolute Gasteiger partial charge is 0.428 e. The van der Waals surface area contributed by atoms with Gasteiger partial charge in [0.15, 0.2) is 5.78 Å². The van der Waals surface area contributed by atoms with Gasteiger partial charge in [0.25, 0.3) is 5.69 Å². The number of ketones is 1. The molecular formula is C11H10N2O4. The number of nitrogens with zero attached hydrogens (tertiary/aromatic N) is 2. The Balaban J connectivity index is 2.85. The number of fused-ring (bicyclic) bond motifs is 1. The van der Waals surface area contributed by atoms with Gasteiger partial charge < -0.3 is 5.21 Å². The Kier molecular flexibility index (Phi) is 2.35. The van der Waals surface area contributed by atoms with E-state index in [1.54, 1.807) is 6.92 Å². The molecule has 17 heavy (non-hydrogen) atoms. The lowest BCUT2D eigenvalue weighted by atomic mass is 10.1. The van der Waals surface area contributed by atoms with Crippen molar-refractivity contribution in [1.82, 2.24) is 4.73 Å². The number of carbonyl (C=O) groups is 1. The topological polar surface area (TPSA) is 85.4 Å². The van der Waals surface area contributed by atoms with Crippen molar-refractivity contribution >= 4 is 22.4 Å². The quantitative estimate of drug-likeness (QED) is 0.374. The standard InChI is InChI=1S/C11H10N2O4/c1-6-11(7(2)14)9-4-3-8(13(16)17)5-10(9)12(6)15/h3-5,15H,1-2H3. The first-order valence-corrected chi connectivity index (χ1v) is 4.93. The Morgan fingerprint density at radius 2 is 2.12 bits per heavy atom. The second-order valence-electron chi connectivity index (χ2n) is 3.79. The van der Waals surface area contributed by atoms with Gasteiger partial charge in [-0.15, -0.1) is 0 Å². The highest BCUT2D eigenvalue weighted by molar-refractivity contribution is 6.08. The summed E-state index contributed by atoms with van der Waals surface area (Å²) in [5, 5.41) is 20.9. The highest BCUT2D eigenvalue weighted by Gasteiger charge is 2.19. The minimum Gasteiger partial charge on any atom is -0.428 e. The molecule has 1 aromatic heterocycles. The monoisotopic (exact) mass is 234 g/mol. The number of hydrogen-bond donors (Lipinski definition) is 1. The normalized spacial score (nSPS) is 10.7. The number of nitro benzene ring substituents is 1. The van der Waals surface area contributed by atoms with Gasteiger partial charge in [-0.1, -0.05) is 0 Å². The van der Waals surface area contributed by atoms with Gasteiger partial charge in [-0.05, 0) is 19.9 Å². The van der Waals surface area contributed by atoms with Crippen LogP contribution in [0.2, 0.25) is 0 Å². The van der Waals surface area contributed by atoms with Gasteiger partial charge >= 0.3 is 0 Å². The van der Waals surface area contributed by atoms with Gasteiger partial charge in [-0.25, -0.2) is 0 Å². The molecule has 0 bridgehead atoms. The summed E-state index contributed by atoms with van der Waals surface area (Å²) in [5.74, 6) is -0.186. The molecule has 1 aromatic carbocycles. The van der Waals surface area contributed by atoms with E-state index in [4.69, 9.17) is 0 Å². The molecule has 0 atom stereocenters. The molecule has 1 heterocycles. The van der Waals surface area contributed by atoms with Crippen LogP contribution in [0, 0.1) is 17.0 Å². The molecule has 0 spiro atoms. The van der Waals surface area contributed by atoms with Gasteiger partial charge in [0.2, 0.25) is 0 Å². The molecule has 0 unspecified atom stereocenters. The minimum atomic E-state index is -0.546. The van der Waals surface area contributed by atoms with Crippen LogP contribution in [0.4, 0.5) is 5.69 Å². The predicted molar refractivity (Wildman–Crippen MR) is 60.5 cm³/mol. The number of rotatable bonds is 2. The lowest BCUT2D eigenvalue weighted by Crippen LogP contribution is -1.97. The number of hydrogen-bond acceptors (Lipinski definition) is 4. The SMILES string of the molecule is CC(=O)c1c(C)n(O)c2cc([N+](=O)[O-])ccc12. The Bertz CT molecular complexity index is 642. The Morgan fingerprint density at radius 3 is 2.65 bits per heavy atom. The third-order valence-corrected chi connectivity index (χ3v) is 2.72. The number of aromatic nitrogens is 1. The molecule has 1 N–H and O–H groups in total. The number of nitro groups is 1. The van der Waals surface area contributed by atoms with Gasteiger partial charge in [-0.2, -0.15) is 4.73 Å². The number of non-ortho nitro benzene ring substituents is 1. The van der Waals surface area contributed by atoms with Crippen molar-refractivity contribution in [3.63, 3.8) is 0 Å². The molecule has 0 fully saturated rings. The molecule has 2 rings (SSSR count). The molecule has 6 nitrogen and oxygen atoms in total. The first kappa shape index (κ1) is 11.1. The van der Waals surface area contributed by atoms with Crippen molar-refractivity contribution in [1.29, 1.82) is 0 Å². The highest BCUT2D eigenvalue weighted by atomic mass is 16.6. The molecule has 0 saturated heterocycles. The van der Waals surface area contributed by atoms with E-state index in [2.05, 4.69) is 0 Å². The maximum absolute atomic E-state index is 11.5. The summed E-state index contributed by atoms with van der Waals surface area (Å²) >= 11 is 0. The van der Waals surface area contributed by atoms with Crippen LogP contribution in [0.3, 0.4) is 0 Å². The fourth-order valence-electron chi connectivity index (χ4n) is 1.95. The molecule has 0 aliphatic heterocycles. The first-order chi connectivity index (χ1) is 7.93. The lowest BCUT2D eigenvalue weighted by molar-refractivity contribution is -0.384. The van der Waals surface area contributed by atoms with Crippen molar-refractivity contribution in [2.75, 3.05) is 0 Å². The van der Waals surface area contributed by atoms with Crippen LogP contribution in [0.15, 0.2) is 18.2 Å². The fourth-order valence-corrected chi connectivity index (χ4v) is 1.95. The Hall–Kier alpha value is -2.37. The third-order valence-electron chi connectivity index (χ3n) is 2.72. The van der Waals surface area contributed by atoms with E-state index in [1.807, 2.05) is 0 Å². The average Bonchev–Trinajstić information content (AvgIpc) is 2.51. The highest BCUT2D eigenvalue weighted by Crippen LogP contribution is 2.28. The van der Waals surface area contributed by atoms with Crippen LogP contribution in [0.25, 0.3) is 10.9 Å². The molecule has 0 amide bonds. The van der Waals surface area contributed by atoms with Crippen LogP contribution in [0.5, 0.6) is 0 Å². The van der Waals surface area contributed by atoms with Crippen LogP contribution in [-0.2, 0) is 0 Å². The van der Waals surface area contributed by atoms with E-state index < -0.39 is 4.92 Å². The summed E-state index contributed by atoms with van der Waals surface area (Å²) in [7, 11) is 0. The molecule has 2 aromatic rings. The van der Waals surface area contributed by atoms with Crippen molar-refractivity contribution in [2.24, 2.45) is 0 Å². The van der Waals surface area contributed by atoms with Crippen molar-refractivity contribution in [3.8, 4) is 0 Å². The third kappa shape index (κ3) is 1.54. The maximum atomic E-state index is 11.5. The van der Waals surface area contributed by atoms with Gasteiger partial charge in [-0.3, -0.25) is 14.9 Å². The molecule has 88 valence electrons. The second-order valence-corrected chi connectivity index (χ2v) is 3.79. The summed E-state index contributed by atoms with van der Waals surface area (Å²) < 4.78 is 0.805. The summed E-state index contributed by atoms with van der Waals surface area (Å²) in [6.45, 7) is 2.98. The van der Waals surface area contributed by atoms with Crippen LogP contribution >= 0.6 is 0 Å². The Morgan fingerprint density at radius 1 is 1.47 bits per heavy atom. The number of benzene rings is 1. The molecule has 0 radical (unpaired) electrons. The van der Waals surface area contributed by atoms with Crippen LogP contribution in [-0.4, -0.2) is 20.6 Å². The second kappa shape index (κ2) is 3.58. The van der Waals surface area contributed by atoms with Gasteiger partial charge in [0, 0.05) is 23.1 Å². The zero-order valence-corrected chi connectivity index (χ0v) is 9.30. The summed E-state index contributed by atoms with van der Waals surface area (Å²) in [5.41, 5.74) is 0.910. The van der Waals surface area contributed by atoms with E-state index in [1.165, 1.54) is 25.1 Å². The zero-order chi connectivity index (χ0) is 12.7. The van der Waals surface area contributed by atoms with Crippen molar-refractivity contribution < 1.29 is 14.9 Å². The number of carbonyl (C=O) groups excluding carboxylic acids is 1. The maximum Gasteiger partial charge on any atom is 0.271 e. The van der Waals surface area contributed by atoms with Crippen LogP contribution < -0.4 is 0 Å². The van der Waals surface area contributed by atoms with E-state index in [-0.39, 0.29) is 17.0 Å². The molecule has 6 heteroatoms. The van der Waals surface area contributed by atoms with E-state index in [9.17, 15) is 20.1 Å². The lowest BCUT2D eigenvalue weighted by Gasteiger charge is -1.96. The summed E-state index contributed by atoms with van der Waals surface area (Å²) in [6.07, 6.45) is 0. The predicted octanol–water partition coefficient (Wildman–Crippen LogP) is 2.30. The van der Waals surface area contributed by atoms with Crippen LogP contribution in [0.1, 0.15) is 23.0 Å². The molecular weight excluding hydrogens is 224 g/mol. The van der Waals surface area contributed by atoms with Crippen molar-refractivity contribution in [2.45, 2.75) is 13.8 Å². The first-order valence-electron chi connectivity index (χ1n) is 4.93. The van der Waals surface area contributed by atoms with Crippen molar-refractivity contribution in [3.05, 3.63) is 39.6 Å². The van der Waals surface area contributed by atoms with E-state index in [0.717, 1.165) is 4.73 Å². The molecule has 0 aliphatic rings. The van der Waals surface area contributed by atoms with Gasteiger partial charge in [0.05, 0.1) is 16.1 Å².